The number of hydrogen-bond acceptors (Lipinski definition) is 1. The Balaban J connectivity index is 0.000000357. The summed E-state index contributed by atoms with van der Waals surface area (Å²) in [7, 11) is 0. The molecule has 0 unspecified atom stereocenters. The molecule has 92 valence electrons. The standard InChI is InChI=1S/C13H12N.C2H4O2/c1-3-7-13(8-4-1)9-12-14-10-5-2-6-11-14;1-2(3)4/h1-12H;1H3,(H,3,4)/q+1;. The number of carboxylic acid groups (broad SMARTS) is 1. The summed E-state index contributed by atoms with van der Waals surface area (Å²) in [5.41, 5.74) is 1.21. The lowest BCUT2D eigenvalue weighted by atomic mass is 10.2. The van der Waals surface area contributed by atoms with E-state index in [0.717, 1.165) is 6.92 Å². The van der Waals surface area contributed by atoms with E-state index in [0.29, 0.717) is 0 Å². The van der Waals surface area contributed by atoms with Crippen molar-refractivity contribution >= 4 is 18.2 Å². The lowest BCUT2D eigenvalue weighted by Crippen LogP contribution is -2.23. The Hall–Kier alpha value is -2.42. The van der Waals surface area contributed by atoms with E-state index in [4.69, 9.17) is 9.90 Å². The van der Waals surface area contributed by atoms with Crippen LogP contribution in [-0.2, 0) is 4.79 Å². The Bertz CT molecular complexity index is 447. The third-order valence-electron chi connectivity index (χ3n) is 1.98. The molecule has 0 bridgehead atoms. The molecule has 1 aromatic heterocycles. The van der Waals surface area contributed by atoms with Gasteiger partial charge in [-0.05, 0) is 5.56 Å². The number of rotatable bonds is 2. The van der Waals surface area contributed by atoms with Crippen LogP contribution in [0.5, 0.6) is 0 Å². The van der Waals surface area contributed by atoms with Gasteiger partial charge in [0.1, 0.15) is 0 Å². The second-order valence-electron chi connectivity index (χ2n) is 3.57. The molecule has 0 saturated carbocycles. The van der Waals surface area contributed by atoms with Crippen LogP contribution in [0.15, 0.2) is 60.9 Å². The van der Waals surface area contributed by atoms with E-state index in [-0.39, 0.29) is 0 Å². The fraction of sp³-hybridized carbons (Fsp3) is 0.0667. The smallest absolute Gasteiger partial charge is 0.300 e. The average Bonchev–Trinajstić information content (AvgIpc) is 2.38. The maximum atomic E-state index is 9.00. The van der Waals surface area contributed by atoms with Crippen LogP contribution in [0.2, 0.25) is 0 Å². The Morgan fingerprint density at radius 2 is 1.56 bits per heavy atom. The molecular formula is C15H16NO2+. The topological polar surface area (TPSA) is 41.2 Å². The van der Waals surface area contributed by atoms with Crippen LogP contribution in [0.3, 0.4) is 0 Å². The predicted molar refractivity (Wildman–Crippen MR) is 71.6 cm³/mol. The molecule has 0 aliphatic heterocycles. The van der Waals surface area contributed by atoms with Crippen molar-refractivity contribution in [3.8, 4) is 0 Å². The highest BCUT2D eigenvalue weighted by Crippen LogP contribution is 1.99. The zero-order valence-corrected chi connectivity index (χ0v) is 10.2. The van der Waals surface area contributed by atoms with Crippen molar-refractivity contribution in [2.45, 2.75) is 6.92 Å². The maximum Gasteiger partial charge on any atom is 0.300 e. The number of carbonyl (C=O) groups is 1. The van der Waals surface area contributed by atoms with Gasteiger partial charge in [-0.1, -0.05) is 36.4 Å². The maximum absolute atomic E-state index is 9.00. The van der Waals surface area contributed by atoms with Crippen LogP contribution < -0.4 is 4.57 Å². The summed E-state index contributed by atoms with van der Waals surface area (Å²) in [6, 6.07) is 16.3. The van der Waals surface area contributed by atoms with Gasteiger partial charge in [0.05, 0.1) is 0 Å². The summed E-state index contributed by atoms with van der Waals surface area (Å²) in [5.74, 6) is -0.833. The van der Waals surface area contributed by atoms with E-state index in [1.807, 2.05) is 59.6 Å². The monoisotopic (exact) mass is 242 g/mol. The highest BCUT2D eigenvalue weighted by Gasteiger charge is 1.89. The molecule has 0 saturated heterocycles. The molecule has 0 atom stereocenters. The molecular weight excluding hydrogens is 226 g/mol. The van der Waals surface area contributed by atoms with Crippen molar-refractivity contribution in [1.82, 2.24) is 0 Å². The second-order valence-corrected chi connectivity index (χ2v) is 3.57. The highest BCUT2D eigenvalue weighted by atomic mass is 16.4. The van der Waals surface area contributed by atoms with Gasteiger partial charge >= 0.3 is 0 Å². The number of hydrogen-bond donors (Lipinski definition) is 1. The minimum atomic E-state index is -0.833. The largest absolute Gasteiger partial charge is 0.481 e. The third-order valence-corrected chi connectivity index (χ3v) is 1.98. The van der Waals surface area contributed by atoms with Crippen molar-refractivity contribution in [2.75, 3.05) is 0 Å². The molecule has 0 radical (unpaired) electrons. The first-order valence-electron chi connectivity index (χ1n) is 5.57. The first-order chi connectivity index (χ1) is 8.68. The van der Waals surface area contributed by atoms with Crippen molar-refractivity contribution in [2.24, 2.45) is 0 Å². The zero-order chi connectivity index (χ0) is 13.2. The number of aromatic nitrogens is 1. The summed E-state index contributed by atoms with van der Waals surface area (Å²) in [4.78, 5) is 9.00. The quantitative estimate of drug-likeness (QED) is 0.823. The van der Waals surface area contributed by atoms with Gasteiger partial charge in [0, 0.05) is 25.1 Å². The van der Waals surface area contributed by atoms with Gasteiger partial charge in [0.2, 0.25) is 0 Å². The second kappa shape index (κ2) is 7.79. The molecule has 2 aromatic rings. The fourth-order valence-electron chi connectivity index (χ4n) is 1.25. The molecule has 3 heteroatoms. The van der Waals surface area contributed by atoms with E-state index in [1.54, 1.807) is 0 Å². The molecule has 0 aliphatic rings. The van der Waals surface area contributed by atoms with Gasteiger partial charge < -0.3 is 5.11 Å². The summed E-state index contributed by atoms with van der Waals surface area (Å²) < 4.78 is 2.02. The molecule has 1 N–H and O–H groups in total. The first-order valence-corrected chi connectivity index (χ1v) is 5.57. The summed E-state index contributed by atoms with van der Waals surface area (Å²) in [6.45, 7) is 1.08. The predicted octanol–water partition coefficient (Wildman–Crippen LogP) is 2.69. The van der Waals surface area contributed by atoms with E-state index in [2.05, 4.69) is 18.2 Å². The van der Waals surface area contributed by atoms with Gasteiger partial charge in [-0.25, -0.2) is 0 Å². The molecule has 1 heterocycles. The minimum Gasteiger partial charge on any atom is -0.481 e. The molecule has 0 spiro atoms. The van der Waals surface area contributed by atoms with Crippen molar-refractivity contribution in [3.63, 3.8) is 0 Å². The molecule has 18 heavy (non-hydrogen) atoms. The van der Waals surface area contributed by atoms with Gasteiger partial charge in [-0.2, -0.15) is 4.57 Å². The SMILES string of the molecule is C(=C[n+]1ccccc1)c1ccccc1.CC(=O)O. The first kappa shape index (κ1) is 13.6. The van der Waals surface area contributed by atoms with Gasteiger partial charge in [0.25, 0.3) is 5.97 Å². The van der Waals surface area contributed by atoms with Gasteiger partial charge in [-0.3, -0.25) is 4.79 Å². The Kier molecular flexibility index (Phi) is 5.90. The fourth-order valence-corrected chi connectivity index (χ4v) is 1.25. The van der Waals surface area contributed by atoms with Crippen molar-refractivity contribution in [1.29, 1.82) is 0 Å². The minimum absolute atomic E-state index is 0.833. The Morgan fingerprint density at radius 3 is 2.11 bits per heavy atom. The average molecular weight is 242 g/mol. The van der Waals surface area contributed by atoms with Crippen LogP contribution in [-0.4, -0.2) is 11.1 Å². The van der Waals surface area contributed by atoms with Gasteiger partial charge in [0.15, 0.2) is 18.6 Å². The molecule has 2 rings (SSSR count). The normalized spacial score (nSPS) is 9.61. The third kappa shape index (κ3) is 6.23. The summed E-state index contributed by atoms with van der Waals surface area (Å²) >= 11 is 0. The highest BCUT2D eigenvalue weighted by molar-refractivity contribution is 5.63. The zero-order valence-electron chi connectivity index (χ0n) is 10.2. The van der Waals surface area contributed by atoms with Crippen LogP contribution in [0.1, 0.15) is 12.5 Å². The lowest BCUT2D eigenvalue weighted by Gasteiger charge is -1.88. The number of carboxylic acids is 1. The van der Waals surface area contributed by atoms with Crippen molar-refractivity contribution < 1.29 is 14.5 Å². The van der Waals surface area contributed by atoms with E-state index in [1.165, 1.54) is 5.56 Å². The molecule has 1 aromatic carbocycles. The number of benzene rings is 1. The van der Waals surface area contributed by atoms with Crippen molar-refractivity contribution in [3.05, 3.63) is 66.5 Å². The Morgan fingerprint density at radius 1 is 1.06 bits per heavy atom. The number of aliphatic carboxylic acids is 1. The van der Waals surface area contributed by atoms with Crippen LogP contribution in [0, 0.1) is 0 Å². The molecule has 0 aliphatic carbocycles. The summed E-state index contributed by atoms with van der Waals surface area (Å²) in [5, 5.41) is 7.42. The lowest BCUT2D eigenvalue weighted by molar-refractivity contribution is -0.567. The Labute approximate surface area is 107 Å². The van der Waals surface area contributed by atoms with E-state index >= 15 is 0 Å². The van der Waals surface area contributed by atoms with Crippen LogP contribution in [0.4, 0.5) is 0 Å². The molecule has 0 fully saturated rings. The molecule has 3 nitrogen and oxygen atoms in total. The molecule has 0 amide bonds. The van der Waals surface area contributed by atoms with Crippen LogP contribution >= 0.6 is 0 Å². The van der Waals surface area contributed by atoms with Gasteiger partial charge in [-0.15, -0.1) is 0 Å². The van der Waals surface area contributed by atoms with E-state index < -0.39 is 5.97 Å². The van der Waals surface area contributed by atoms with E-state index in [9.17, 15) is 0 Å². The number of nitrogens with zero attached hydrogens (tertiary/aromatic N) is 1. The number of pyridine rings is 1. The van der Waals surface area contributed by atoms with Crippen LogP contribution in [0.25, 0.3) is 12.3 Å². The summed E-state index contributed by atoms with van der Waals surface area (Å²) in [6.07, 6.45) is 8.15.